The van der Waals surface area contributed by atoms with Crippen LogP contribution in [0.25, 0.3) is 0 Å². The van der Waals surface area contributed by atoms with Crippen LogP contribution >= 0.6 is 0 Å². The highest BCUT2D eigenvalue weighted by atomic mass is 32.2. The van der Waals surface area contributed by atoms with E-state index in [1.165, 1.54) is 6.20 Å². The van der Waals surface area contributed by atoms with Crippen LogP contribution in [-0.2, 0) is 23.6 Å². The molecule has 1 N–H and O–H groups in total. The Hall–Kier alpha value is -0.653. The van der Waals surface area contributed by atoms with E-state index in [1.54, 1.807) is 18.2 Å². The lowest BCUT2D eigenvalue weighted by molar-refractivity contribution is 0.173. The van der Waals surface area contributed by atoms with Gasteiger partial charge in [-0.2, -0.15) is 8.42 Å². The maximum absolute atomic E-state index is 10.9. The predicted octanol–water partition coefficient (Wildman–Crippen LogP) is -0.142. The second-order valence-electron chi connectivity index (χ2n) is 4.30. The molecule has 0 aromatic rings. The average Bonchev–Trinajstić information content (AvgIpc) is 2.97. The fourth-order valence-corrected chi connectivity index (χ4v) is 4.73. The molecule has 0 radical (unpaired) electrons. The zero-order chi connectivity index (χ0) is 13.9. The molecule has 8 nitrogen and oxygen atoms in total. The molecular weight excluding hydrogens is 292 g/mol. The molecule has 0 saturated carbocycles. The van der Waals surface area contributed by atoms with Crippen molar-refractivity contribution < 1.29 is 26.2 Å². The van der Waals surface area contributed by atoms with Gasteiger partial charge in [0.05, 0.1) is 13.2 Å². The quantitative estimate of drug-likeness (QED) is 0.539. The van der Waals surface area contributed by atoms with E-state index in [4.69, 9.17) is 17.8 Å². The summed E-state index contributed by atoms with van der Waals surface area (Å²) in [6.45, 7) is 1.91. The molecule has 0 spiro atoms. The van der Waals surface area contributed by atoms with E-state index >= 15 is 0 Å². The molecule has 1 fully saturated rings. The standard InChI is InChI=1S/C9H18N2O6SSi/c1-15-19(16-6-7-17-19)8-2-3-10-4-5-11(9-10)18(12,13)14/h4-5H,2-3,6-9H2,1H3,(H,12,13,14). The normalized spacial score (nSPS) is 22.4. The molecule has 1 saturated heterocycles. The van der Waals surface area contributed by atoms with E-state index in [0.29, 0.717) is 25.8 Å². The lowest BCUT2D eigenvalue weighted by Gasteiger charge is -2.23. The summed E-state index contributed by atoms with van der Waals surface area (Å²) >= 11 is 0. The Kier molecular flexibility index (Phi) is 4.48. The van der Waals surface area contributed by atoms with Crippen molar-refractivity contribution in [3.05, 3.63) is 12.4 Å². The van der Waals surface area contributed by atoms with Gasteiger partial charge >= 0.3 is 19.1 Å². The fraction of sp³-hybridized carbons (Fsp3) is 0.778. The second-order valence-corrected chi connectivity index (χ2v) is 8.52. The van der Waals surface area contributed by atoms with Crippen LogP contribution in [0.1, 0.15) is 6.42 Å². The summed E-state index contributed by atoms with van der Waals surface area (Å²) in [5, 5.41) is 0. The van der Waals surface area contributed by atoms with Gasteiger partial charge < -0.3 is 18.2 Å². The van der Waals surface area contributed by atoms with Crippen LogP contribution < -0.4 is 0 Å². The van der Waals surface area contributed by atoms with Crippen LogP contribution in [-0.4, -0.2) is 64.5 Å². The zero-order valence-corrected chi connectivity index (χ0v) is 12.5. The van der Waals surface area contributed by atoms with Gasteiger partial charge in [0.2, 0.25) is 0 Å². The number of hydrogen-bond donors (Lipinski definition) is 1. The van der Waals surface area contributed by atoms with Crippen LogP contribution in [0.4, 0.5) is 0 Å². The molecule has 0 atom stereocenters. The minimum atomic E-state index is -4.15. The van der Waals surface area contributed by atoms with Crippen LogP contribution in [0.2, 0.25) is 6.04 Å². The third-order valence-electron chi connectivity index (χ3n) is 3.03. The predicted molar refractivity (Wildman–Crippen MR) is 68.2 cm³/mol. The summed E-state index contributed by atoms with van der Waals surface area (Å²) in [6, 6.07) is 0.694. The van der Waals surface area contributed by atoms with Crippen LogP contribution in [0.5, 0.6) is 0 Å². The fourth-order valence-electron chi connectivity index (χ4n) is 2.04. The number of rotatable bonds is 6. The highest BCUT2D eigenvalue weighted by molar-refractivity contribution is 7.83. The van der Waals surface area contributed by atoms with E-state index in [1.807, 2.05) is 0 Å². The van der Waals surface area contributed by atoms with Crippen molar-refractivity contribution in [1.82, 2.24) is 9.21 Å². The van der Waals surface area contributed by atoms with Gasteiger partial charge in [-0.3, -0.25) is 4.55 Å². The van der Waals surface area contributed by atoms with Crippen molar-refractivity contribution in [3.8, 4) is 0 Å². The Labute approximate surface area is 113 Å². The molecule has 0 unspecified atom stereocenters. The SMILES string of the molecule is CO[Si]1(CCCN2C=CN(S(=O)(=O)O)C2)OCCO1. The Balaban J connectivity index is 1.74. The van der Waals surface area contributed by atoms with Crippen molar-refractivity contribution in [2.24, 2.45) is 0 Å². The van der Waals surface area contributed by atoms with Crippen molar-refractivity contribution in [2.75, 3.05) is 33.5 Å². The van der Waals surface area contributed by atoms with Gasteiger partial charge in [-0.1, -0.05) is 0 Å². The Bertz CT molecular complexity index is 436. The van der Waals surface area contributed by atoms with Crippen LogP contribution in [0.3, 0.4) is 0 Å². The van der Waals surface area contributed by atoms with Crippen molar-refractivity contribution in [1.29, 1.82) is 0 Å². The largest absolute Gasteiger partial charge is 0.500 e. The summed E-state index contributed by atoms with van der Waals surface area (Å²) in [7, 11) is -5.03. The molecule has 2 aliphatic rings. The lowest BCUT2D eigenvalue weighted by atomic mass is 10.4. The number of nitrogens with zero attached hydrogens (tertiary/aromatic N) is 2. The van der Waals surface area contributed by atoms with E-state index in [0.717, 1.165) is 10.7 Å². The number of hydrogen-bond acceptors (Lipinski definition) is 6. The maximum atomic E-state index is 10.9. The molecular formula is C9H18N2O6SSi. The van der Waals surface area contributed by atoms with Crippen molar-refractivity contribution in [2.45, 2.75) is 12.5 Å². The third kappa shape index (κ3) is 3.67. The smallest absolute Gasteiger partial charge is 0.377 e. The minimum absolute atomic E-state index is 0.127. The summed E-state index contributed by atoms with van der Waals surface area (Å²) < 4.78 is 48.0. The first-order valence-corrected chi connectivity index (χ1v) is 9.28. The highest BCUT2D eigenvalue weighted by Crippen LogP contribution is 2.22. The van der Waals surface area contributed by atoms with Crippen LogP contribution in [0, 0.1) is 0 Å². The monoisotopic (exact) mass is 310 g/mol. The molecule has 0 aromatic heterocycles. The highest BCUT2D eigenvalue weighted by Gasteiger charge is 2.43. The van der Waals surface area contributed by atoms with E-state index in [9.17, 15) is 8.42 Å². The molecule has 2 heterocycles. The molecule has 19 heavy (non-hydrogen) atoms. The molecule has 0 aliphatic carbocycles. The van der Waals surface area contributed by atoms with Crippen molar-refractivity contribution in [3.63, 3.8) is 0 Å². The van der Waals surface area contributed by atoms with E-state index < -0.39 is 19.1 Å². The average molecular weight is 310 g/mol. The minimum Gasteiger partial charge on any atom is -0.377 e. The molecule has 0 aromatic carbocycles. The Morgan fingerprint density at radius 3 is 2.58 bits per heavy atom. The molecule has 2 rings (SSSR count). The van der Waals surface area contributed by atoms with E-state index in [-0.39, 0.29) is 6.67 Å². The third-order valence-corrected chi connectivity index (χ3v) is 6.73. The summed E-state index contributed by atoms with van der Waals surface area (Å²) in [6.07, 6.45) is 3.73. The zero-order valence-electron chi connectivity index (χ0n) is 10.7. The summed E-state index contributed by atoms with van der Waals surface area (Å²) in [5.74, 6) is 0. The summed E-state index contributed by atoms with van der Waals surface area (Å²) in [4.78, 5) is 1.79. The lowest BCUT2D eigenvalue weighted by Crippen LogP contribution is -2.40. The van der Waals surface area contributed by atoms with Gasteiger partial charge in [-0.05, 0) is 6.42 Å². The topological polar surface area (TPSA) is 88.5 Å². The molecule has 10 heteroatoms. The second kappa shape index (κ2) is 5.77. The first kappa shape index (κ1) is 14.7. The van der Waals surface area contributed by atoms with Gasteiger partial charge in [0.1, 0.15) is 6.67 Å². The summed E-state index contributed by atoms with van der Waals surface area (Å²) in [5.41, 5.74) is 0. The Morgan fingerprint density at radius 2 is 2.05 bits per heavy atom. The van der Waals surface area contributed by atoms with Gasteiger partial charge in [0, 0.05) is 32.1 Å². The van der Waals surface area contributed by atoms with Gasteiger partial charge in [-0.15, -0.1) is 0 Å². The maximum Gasteiger partial charge on any atom is 0.500 e. The Morgan fingerprint density at radius 1 is 1.37 bits per heavy atom. The van der Waals surface area contributed by atoms with Crippen LogP contribution in [0.15, 0.2) is 12.4 Å². The van der Waals surface area contributed by atoms with Crippen molar-refractivity contribution >= 4 is 19.1 Å². The molecule has 0 bridgehead atoms. The molecule has 110 valence electrons. The van der Waals surface area contributed by atoms with E-state index in [2.05, 4.69) is 0 Å². The van der Waals surface area contributed by atoms with Gasteiger partial charge in [0.25, 0.3) is 0 Å². The first-order chi connectivity index (χ1) is 8.95. The van der Waals surface area contributed by atoms with Gasteiger partial charge in [0.15, 0.2) is 0 Å². The molecule has 0 amide bonds. The molecule has 2 aliphatic heterocycles. The van der Waals surface area contributed by atoms with Gasteiger partial charge in [-0.25, -0.2) is 4.31 Å². The first-order valence-electron chi connectivity index (χ1n) is 5.95.